The fourth-order valence-corrected chi connectivity index (χ4v) is 4.43. The Morgan fingerprint density at radius 2 is 1.90 bits per heavy atom. The molecule has 0 spiro atoms. The van der Waals surface area contributed by atoms with Crippen LogP contribution in [0, 0.1) is 5.92 Å². The maximum atomic E-state index is 13.4. The van der Waals surface area contributed by atoms with Crippen LogP contribution in [0.4, 0.5) is 5.82 Å². The number of rotatable bonds is 11. The molecule has 4 amide bonds. The normalized spacial score (nSPS) is 15.6. The van der Waals surface area contributed by atoms with Gasteiger partial charge in [-0.15, -0.1) is 5.10 Å². The summed E-state index contributed by atoms with van der Waals surface area (Å²) in [7, 11) is 0. The average molecular weight is 533 g/mol. The molecular formula is C27H32N8O4. The number of carbonyl (C=O) groups is 4. The first-order chi connectivity index (χ1) is 18.9. The van der Waals surface area contributed by atoms with E-state index in [2.05, 4.69) is 36.3 Å². The van der Waals surface area contributed by atoms with Gasteiger partial charge in [0, 0.05) is 18.8 Å². The highest BCUT2D eigenvalue weighted by molar-refractivity contribution is 6.04. The first-order valence-electron chi connectivity index (χ1n) is 12.9. The summed E-state index contributed by atoms with van der Waals surface area (Å²) < 4.78 is 0. The molecule has 12 nitrogen and oxygen atoms in total. The summed E-state index contributed by atoms with van der Waals surface area (Å²) in [6.07, 6.45) is 4.19. The van der Waals surface area contributed by atoms with Crippen molar-refractivity contribution in [3.63, 3.8) is 0 Å². The predicted molar refractivity (Wildman–Crippen MR) is 142 cm³/mol. The highest BCUT2D eigenvalue weighted by atomic mass is 16.2. The molecule has 3 heterocycles. The molecule has 1 aliphatic rings. The van der Waals surface area contributed by atoms with Gasteiger partial charge in [-0.25, -0.2) is 4.98 Å². The number of carbonyl (C=O) groups excluding carboxylic acids is 4. The third-order valence-corrected chi connectivity index (χ3v) is 6.74. The molecule has 39 heavy (non-hydrogen) atoms. The lowest BCUT2D eigenvalue weighted by atomic mass is 9.98. The number of fused-ring (bicyclic) bond motifs is 1. The Morgan fingerprint density at radius 1 is 1.10 bits per heavy atom. The van der Waals surface area contributed by atoms with Gasteiger partial charge >= 0.3 is 0 Å². The van der Waals surface area contributed by atoms with Crippen molar-refractivity contribution < 1.29 is 19.2 Å². The largest absolute Gasteiger partial charge is 0.348 e. The topological polar surface area (TPSA) is 162 Å². The van der Waals surface area contributed by atoms with Crippen molar-refractivity contribution in [3.05, 3.63) is 71.7 Å². The molecular weight excluding hydrogens is 500 g/mol. The molecule has 1 unspecified atom stereocenters. The van der Waals surface area contributed by atoms with Crippen LogP contribution in [0.1, 0.15) is 37.1 Å². The van der Waals surface area contributed by atoms with E-state index in [-0.39, 0.29) is 37.2 Å². The first-order valence-corrected chi connectivity index (χ1v) is 12.9. The zero-order valence-corrected chi connectivity index (χ0v) is 21.9. The van der Waals surface area contributed by atoms with Crippen LogP contribution in [-0.2, 0) is 38.6 Å². The Morgan fingerprint density at radius 3 is 2.62 bits per heavy atom. The molecule has 4 N–H and O–H groups in total. The minimum Gasteiger partial charge on any atom is -0.348 e. The van der Waals surface area contributed by atoms with E-state index >= 15 is 0 Å². The lowest BCUT2D eigenvalue weighted by molar-refractivity contribution is -0.131. The smallest absolute Gasteiger partial charge is 0.248 e. The molecule has 2 aromatic heterocycles. The quantitative estimate of drug-likeness (QED) is 0.282. The number of hydrogen-bond donors (Lipinski definition) is 4. The SMILES string of the molecule is CC[C@H](C)[C@H](NC(=O)Cc1ccccc1)C(=O)NCC(=O)N1c2ncccc2CC1C(=O)NCc1c[nH]nn1. The Labute approximate surface area is 226 Å². The number of hydrogen-bond acceptors (Lipinski definition) is 7. The van der Waals surface area contributed by atoms with Crippen LogP contribution in [0.25, 0.3) is 0 Å². The van der Waals surface area contributed by atoms with Crippen LogP contribution >= 0.6 is 0 Å². The number of amides is 4. The molecule has 0 fully saturated rings. The molecule has 3 aromatic rings. The second-order valence-corrected chi connectivity index (χ2v) is 9.46. The molecule has 1 aromatic carbocycles. The van der Waals surface area contributed by atoms with Gasteiger partial charge in [-0.2, -0.15) is 0 Å². The van der Waals surface area contributed by atoms with Crippen molar-refractivity contribution in [2.75, 3.05) is 11.4 Å². The zero-order valence-electron chi connectivity index (χ0n) is 21.9. The summed E-state index contributed by atoms with van der Waals surface area (Å²) in [5.41, 5.74) is 2.14. The average Bonchev–Trinajstić information content (AvgIpc) is 3.61. The summed E-state index contributed by atoms with van der Waals surface area (Å²) in [5, 5.41) is 18.3. The van der Waals surface area contributed by atoms with Gasteiger partial charge in [-0.05, 0) is 23.1 Å². The molecule has 4 rings (SSSR count). The Balaban J connectivity index is 1.41. The van der Waals surface area contributed by atoms with E-state index < -0.39 is 23.9 Å². The summed E-state index contributed by atoms with van der Waals surface area (Å²) >= 11 is 0. The van der Waals surface area contributed by atoms with E-state index in [1.54, 1.807) is 18.5 Å². The summed E-state index contributed by atoms with van der Waals surface area (Å²) in [6.45, 7) is 3.58. The number of H-pyrrole nitrogens is 1. The second-order valence-electron chi connectivity index (χ2n) is 9.46. The van der Waals surface area contributed by atoms with Gasteiger partial charge in [0.05, 0.1) is 19.5 Å². The van der Waals surface area contributed by atoms with Crippen molar-refractivity contribution in [1.82, 2.24) is 36.3 Å². The van der Waals surface area contributed by atoms with Gasteiger partial charge in [-0.3, -0.25) is 29.2 Å². The minimum absolute atomic E-state index is 0.140. The van der Waals surface area contributed by atoms with Crippen LogP contribution in [0.3, 0.4) is 0 Å². The molecule has 0 saturated heterocycles. The Kier molecular flexibility index (Phi) is 8.97. The van der Waals surface area contributed by atoms with Gasteiger partial charge in [0.15, 0.2) is 0 Å². The van der Waals surface area contributed by atoms with Crippen LogP contribution in [0.5, 0.6) is 0 Å². The van der Waals surface area contributed by atoms with Gasteiger partial charge in [0.2, 0.25) is 23.6 Å². The fraction of sp³-hybridized carbons (Fsp3) is 0.370. The van der Waals surface area contributed by atoms with E-state index in [4.69, 9.17) is 0 Å². The maximum Gasteiger partial charge on any atom is 0.248 e. The molecule has 12 heteroatoms. The number of anilines is 1. The number of nitrogens with one attached hydrogen (secondary N) is 4. The van der Waals surface area contributed by atoms with E-state index in [1.807, 2.05) is 50.2 Å². The van der Waals surface area contributed by atoms with Crippen molar-refractivity contribution in [2.24, 2.45) is 5.92 Å². The third kappa shape index (κ3) is 6.83. The van der Waals surface area contributed by atoms with Crippen LogP contribution in [-0.4, -0.2) is 62.7 Å². The Hall–Kier alpha value is -4.61. The van der Waals surface area contributed by atoms with E-state index in [0.717, 1.165) is 11.1 Å². The molecule has 3 atom stereocenters. The molecule has 0 saturated carbocycles. The van der Waals surface area contributed by atoms with E-state index in [0.29, 0.717) is 24.4 Å². The number of benzene rings is 1. The molecule has 0 radical (unpaired) electrons. The highest BCUT2D eigenvalue weighted by Crippen LogP contribution is 2.30. The molecule has 0 aliphatic carbocycles. The highest BCUT2D eigenvalue weighted by Gasteiger charge is 2.39. The van der Waals surface area contributed by atoms with Crippen molar-refractivity contribution in [1.29, 1.82) is 0 Å². The molecule has 1 aliphatic heterocycles. The fourth-order valence-electron chi connectivity index (χ4n) is 4.43. The number of nitrogens with zero attached hydrogens (tertiary/aromatic N) is 4. The standard InChI is InChI=1S/C27H32N8O4/c1-3-17(2)24(32-22(36)12-18-8-5-4-6-9-18)27(39)30-16-23(37)35-21(13-19-10-7-11-28-25(19)35)26(38)29-14-20-15-31-34-33-20/h4-11,15,17,21,24H,3,12-14,16H2,1-2H3,(H,29,38)(H,30,39)(H,32,36)(H,31,33,34)/t17-,21?,24-/m0/s1. The summed E-state index contributed by atoms with van der Waals surface area (Å²) in [5.74, 6) is -1.39. The zero-order chi connectivity index (χ0) is 27.8. The van der Waals surface area contributed by atoms with Gasteiger partial charge in [-0.1, -0.05) is 61.9 Å². The number of aromatic nitrogens is 4. The van der Waals surface area contributed by atoms with Crippen LogP contribution < -0.4 is 20.9 Å². The van der Waals surface area contributed by atoms with Gasteiger partial charge < -0.3 is 16.0 Å². The third-order valence-electron chi connectivity index (χ3n) is 6.74. The number of pyridine rings is 1. The second kappa shape index (κ2) is 12.8. The van der Waals surface area contributed by atoms with Gasteiger partial charge in [0.1, 0.15) is 23.6 Å². The van der Waals surface area contributed by atoms with Crippen molar-refractivity contribution in [2.45, 2.75) is 51.7 Å². The summed E-state index contributed by atoms with van der Waals surface area (Å²) in [6, 6.07) is 11.2. The first kappa shape index (κ1) is 27.4. The van der Waals surface area contributed by atoms with Gasteiger partial charge in [0.25, 0.3) is 0 Å². The lowest BCUT2D eigenvalue weighted by Crippen LogP contribution is -2.54. The van der Waals surface area contributed by atoms with E-state index in [9.17, 15) is 19.2 Å². The number of aromatic amines is 1. The van der Waals surface area contributed by atoms with Crippen LogP contribution in [0.2, 0.25) is 0 Å². The monoisotopic (exact) mass is 532 g/mol. The van der Waals surface area contributed by atoms with Crippen LogP contribution in [0.15, 0.2) is 54.9 Å². The maximum absolute atomic E-state index is 13.4. The minimum atomic E-state index is -0.831. The summed E-state index contributed by atoms with van der Waals surface area (Å²) in [4.78, 5) is 57.8. The Bertz CT molecular complexity index is 1300. The van der Waals surface area contributed by atoms with E-state index in [1.165, 1.54) is 4.90 Å². The molecule has 204 valence electrons. The van der Waals surface area contributed by atoms with Crippen molar-refractivity contribution in [3.8, 4) is 0 Å². The van der Waals surface area contributed by atoms with Crippen molar-refractivity contribution >= 4 is 29.4 Å². The predicted octanol–water partition coefficient (Wildman–Crippen LogP) is 0.664. The lowest BCUT2D eigenvalue weighted by Gasteiger charge is -2.26. The molecule has 0 bridgehead atoms.